The maximum absolute atomic E-state index is 12.9. The lowest BCUT2D eigenvalue weighted by atomic mass is 10.2. The molecule has 3 rings (SSSR count). The average molecular weight is 452 g/mol. The van der Waals surface area contributed by atoms with Crippen molar-refractivity contribution in [3.63, 3.8) is 0 Å². The normalized spacial score (nSPS) is 16.1. The number of carbonyl (C=O) groups excluding carboxylic acids is 1. The van der Waals surface area contributed by atoms with Crippen LogP contribution in [0.2, 0.25) is 0 Å². The summed E-state index contributed by atoms with van der Waals surface area (Å²) in [5.74, 6) is -0.322. The molecule has 0 radical (unpaired) electrons. The summed E-state index contributed by atoms with van der Waals surface area (Å²) in [4.78, 5) is 14.5. The van der Waals surface area contributed by atoms with Gasteiger partial charge in [-0.05, 0) is 43.7 Å². The monoisotopic (exact) mass is 451 g/mol. The molecule has 1 aliphatic rings. The van der Waals surface area contributed by atoms with Gasteiger partial charge >= 0.3 is 0 Å². The number of nitrogens with zero attached hydrogens (tertiary/aromatic N) is 2. The highest BCUT2D eigenvalue weighted by Gasteiger charge is 2.25. The summed E-state index contributed by atoms with van der Waals surface area (Å²) in [6, 6.07) is 12.8. The van der Waals surface area contributed by atoms with Crippen LogP contribution in [0.15, 0.2) is 53.4 Å². The van der Waals surface area contributed by atoms with E-state index in [1.165, 1.54) is 22.5 Å². The van der Waals surface area contributed by atoms with E-state index in [1.807, 2.05) is 6.92 Å². The fourth-order valence-electron chi connectivity index (χ4n) is 3.24. The quantitative estimate of drug-likeness (QED) is 0.748. The van der Waals surface area contributed by atoms with Crippen LogP contribution in [0.1, 0.15) is 22.3 Å². The summed E-state index contributed by atoms with van der Waals surface area (Å²) in [7, 11) is -7.17. The second-order valence-corrected chi connectivity index (χ2v) is 11.0. The Hall–Kier alpha value is -2.43. The third-order valence-corrected chi connectivity index (χ3v) is 7.59. The Kier molecular flexibility index (Phi) is 6.49. The van der Waals surface area contributed by atoms with Crippen LogP contribution in [0, 0.1) is 6.92 Å². The minimum atomic E-state index is -3.86. The first-order valence-electron chi connectivity index (χ1n) is 9.50. The van der Waals surface area contributed by atoms with Crippen LogP contribution in [-0.2, 0) is 20.0 Å². The highest BCUT2D eigenvalue weighted by molar-refractivity contribution is 7.92. The molecule has 2 aromatic rings. The Morgan fingerprint density at radius 2 is 1.63 bits per heavy atom. The van der Waals surface area contributed by atoms with E-state index in [4.69, 9.17) is 0 Å². The third-order valence-electron chi connectivity index (χ3n) is 4.91. The number of anilines is 1. The van der Waals surface area contributed by atoms with Crippen LogP contribution in [0.3, 0.4) is 0 Å². The predicted molar refractivity (Wildman–Crippen MR) is 115 cm³/mol. The Balaban J connectivity index is 1.77. The maximum atomic E-state index is 12.9. The zero-order valence-electron chi connectivity index (χ0n) is 16.9. The van der Waals surface area contributed by atoms with Gasteiger partial charge in [-0.25, -0.2) is 21.1 Å². The van der Waals surface area contributed by atoms with Gasteiger partial charge in [0.2, 0.25) is 10.0 Å². The fraction of sp³-hybridized carbons (Fsp3) is 0.350. The van der Waals surface area contributed by atoms with E-state index in [-0.39, 0.29) is 29.5 Å². The Morgan fingerprint density at radius 1 is 0.933 bits per heavy atom. The maximum Gasteiger partial charge on any atom is 0.261 e. The van der Waals surface area contributed by atoms with Crippen molar-refractivity contribution in [3.05, 3.63) is 59.7 Å². The van der Waals surface area contributed by atoms with Gasteiger partial charge < -0.3 is 4.90 Å². The van der Waals surface area contributed by atoms with Crippen molar-refractivity contribution in [3.8, 4) is 0 Å². The smallest absolute Gasteiger partial charge is 0.261 e. The number of carbonyl (C=O) groups is 1. The SMILES string of the molecule is Cc1ccc(NS(=O)(=O)c2cccc(C(=O)N3CCCN(S(C)(=O)=O)CC3)c2)cc1. The molecule has 0 saturated carbocycles. The standard InChI is InChI=1S/C20H25N3O5S2/c1-16-7-9-18(10-8-16)21-30(27,28)19-6-3-5-17(15-19)20(24)22-11-4-12-23(14-13-22)29(2,25)26/h3,5-10,15,21H,4,11-14H2,1-2H3. The topological polar surface area (TPSA) is 104 Å². The summed E-state index contributed by atoms with van der Waals surface area (Å²) in [5, 5.41) is 0. The van der Waals surface area contributed by atoms with Gasteiger partial charge in [-0.3, -0.25) is 9.52 Å². The van der Waals surface area contributed by atoms with Gasteiger partial charge in [0.1, 0.15) is 0 Å². The van der Waals surface area contributed by atoms with E-state index >= 15 is 0 Å². The third kappa shape index (κ3) is 5.38. The molecule has 1 heterocycles. The molecule has 2 aromatic carbocycles. The summed E-state index contributed by atoms with van der Waals surface area (Å²) in [6.45, 7) is 3.15. The molecule has 0 aromatic heterocycles. The van der Waals surface area contributed by atoms with Gasteiger partial charge in [-0.1, -0.05) is 23.8 Å². The number of amides is 1. The highest BCUT2D eigenvalue weighted by atomic mass is 32.2. The zero-order valence-corrected chi connectivity index (χ0v) is 18.5. The minimum absolute atomic E-state index is 0.0125. The number of rotatable bonds is 5. The van der Waals surface area contributed by atoms with E-state index in [1.54, 1.807) is 35.2 Å². The lowest BCUT2D eigenvalue weighted by molar-refractivity contribution is 0.0764. The number of benzene rings is 2. The number of hydrogen-bond donors (Lipinski definition) is 1. The van der Waals surface area contributed by atoms with Gasteiger partial charge in [0.05, 0.1) is 11.2 Å². The van der Waals surface area contributed by atoms with E-state index < -0.39 is 20.0 Å². The first-order chi connectivity index (χ1) is 14.1. The second-order valence-electron chi connectivity index (χ2n) is 7.31. The molecule has 30 heavy (non-hydrogen) atoms. The molecule has 8 nitrogen and oxygen atoms in total. The average Bonchev–Trinajstić information content (AvgIpc) is 2.95. The first-order valence-corrected chi connectivity index (χ1v) is 12.8. The van der Waals surface area contributed by atoms with Crippen molar-refractivity contribution in [1.29, 1.82) is 0 Å². The lowest BCUT2D eigenvalue weighted by Gasteiger charge is -2.21. The fourth-order valence-corrected chi connectivity index (χ4v) is 5.22. The molecule has 0 aliphatic carbocycles. The molecule has 1 aliphatic heterocycles. The molecule has 0 atom stereocenters. The van der Waals surface area contributed by atoms with Crippen LogP contribution < -0.4 is 4.72 Å². The molecule has 1 fully saturated rings. The van der Waals surface area contributed by atoms with Gasteiger partial charge in [-0.15, -0.1) is 0 Å². The van der Waals surface area contributed by atoms with Crippen molar-refractivity contribution in [2.24, 2.45) is 0 Å². The Morgan fingerprint density at radius 3 is 2.30 bits per heavy atom. The molecule has 0 unspecified atom stereocenters. The first kappa shape index (κ1) is 22.3. The largest absolute Gasteiger partial charge is 0.337 e. The van der Waals surface area contributed by atoms with Gasteiger partial charge in [0, 0.05) is 37.4 Å². The van der Waals surface area contributed by atoms with Crippen molar-refractivity contribution in [1.82, 2.24) is 9.21 Å². The second kappa shape index (κ2) is 8.75. The number of sulfonamides is 2. The summed E-state index contributed by atoms with van der Waals surface area (Å²) in [5.41, 5.74) is 1.69. The molecule has 10 heteroatoms. The summed E-state index contributed by atoms with van der Waals surface area (Å²) >= 11 is 0. The molecule has 1 amide bonds. The van der Waals surface area contributed by atoms with Gasteiger partial charge in [0.15, 0.2) is 0 Å². The number of aryl methyl sites for hydroxylation is 1. The van der Waals surface area contributed by atoms with Crippen molar-refractivity contribution in [2.75, 3.05) is 37.2 Å². The van der Waals surface area contributed by atoms with Crippen molar-refractivity contribution < 1.29 is 21.6 Å². The predicted octanol–water partition coefficient (Wildman–Crippen LogP) is 1.90. The zero-order chi connectivity index (χ0) is 21.9. The lowest BCUT2D eigenvalue weighted by Crippen LogP contribution is -2.37. The van der Waals surface area contributed by atoms with Gasteiger partial charge in [-0.2, -0.15) is 0 Å². The number of nitrogens with one attached hydrogen (secondary N) is 1. The molecular weight excluding hydrogens is 426 g/mol. The van der Waals surface area contributed by atoms with Crippen LogP contribution in [0.5, 0.6) is 0 Å². The van der Waals surface area contributed by atoms with Gasteiger partial charge in [0.25, 0.3) is 15.9 Å². The molecule has 1 N–H and O–H groups in total. The van der Waals surface area contributed by atoms with Crippen LogP contribution in [-0.4, -0.2) is 64.4 Å². The van der Waals surface area contributed by atoms with Crippen molar-refractivity contribution >= 4 is 31.6 Å². The summed E-state index contributed by atoms with van der Waals surface area (Å²) in [6.07, 6.45) is 1.67. The van der Waals surface area contributed by atoms with E-state index in [9.17, 15) is 21.6 Å². The van der Waals surface area contributed by atoms with E-state index in [0.717, 1.165) is 11.8 Å². The van der Waals surface area contributed by atoms with E-state index in [2.05, 4.69) is 4.72 Å². The Bertz CT molecular complexity index is 1130. The van der Waals surface area contributed by atoms with Crippen LogP contribution >= 0.6 is 0 Å². The number of hydrogen-bond acceptors (Lipinski definition) is 5. The van der Waals surface area contributed by atoms with Crippen LogP contribution in [0.25, 0.3) is 0 Å². The highest BCUT2D eigenvalue weighted by Crippen LogP contribution is 2.19. The molecular formula is C20H25N3O5S2. The molecule has 162 valence electrons. The van der Waals surface area contributed by atoms with E-state index in [0.29, 0.717) is 25.2 Å². The molecule has 0 bridgehead atoms. The van der Waals surface area contributed by atoms with Crippen molar-refractivity contribution in [2.45, 2.75) is 18.2 Å². The van der Waals surface area contributed by atoms with Crippen LogP contribution in [0.4, 0.5) is 5.69 Å². The minimum Gasteiger partial charge on any atom is -0.337 e. The Labute approximate surface area is 177 Å². The molecule has 1 saturated heterocycles. The summed E-state index contributed by atoms with van der Waals surface area (Å²) < 4.78 is 52.9. The molecule has 0 spiro atoms.